The van der Waals surface area contributed by atoms with Crippen LogP contribution in [0.1, 0.15) is 31.9 Å². The van der Waals surface area contributed by atoms with E-state index in [0.29, 0.717) is 13.1 Å². The van der Waals surface area contributed by atoms with Crippen molar-refractivity contribution in [3.05, 3.63) is 53.9 Å². The highest BCUT2D eigenvalue weighted by atomic mass is 127. The van der Waals surface area contributed by atoms with Crippen LogP contribution in [0.2, 0.25) is 0 Å². The minimum Gasteiger partial charge on any atom is -0.357 e. The number of likely N-dealkylation sites (N-methyl/N-ethyl adjacent to an activating group) is 2. The molecule has 8 heteroatoms. The number of rotatable bonds is 9. The predicted octanol–water partition coefficient (Wildman–Crippen LogP) is 2.82. The van der Waals surface area contributed by atoms with Crippen LogP contribution in [0, 0.1) is 0 Å². The maximum Gasteiger partial charge on any atom is 0.242 e. The molecule has 0 aliphatic carbocycles. The first-order chi connectivity index (χ1) is 13.6. The third-order valence-corrected chi connectivity index (χ3v) is 4.49. The van der Waals surface area contributed by atoms with E-state index >= 15 is 0 Å². The van der Waals surface area contributed by atoms with Gasteiger partial charge in [-0.05, 0) is 38.0 Å². The summed E-state index contributed by atoms with van der Waals surface area (Å²) in [5.41, 5.74) is 2.31. The van der Waals surface area contributed by atoms with Crippen molar-refractivity contribution in [2.75, 3.05) is 33.2 Å². The molecule has 0 bridgehead atoms. The molecular weight excluding hydrogens is 479 g/mol. The average molecular weight is 512 g/mol. The minimum atomic E-state index is 0. The standard InChI is InChI=1S/C21H32N6O.HI/c1-5-22-21(25(4)17-20(28)26(6-2)7-3)23-15-18-10-8-11-19(14-18)16-27-13-9-12-24-27;/h8-14H,5-7,15-17H2,1-4H3,(H,22,23);1H. The van der Waals surface area contributed by atoms with Crippen molar-refractivity contribution in [1.82, 2.24) is 24.9 Å². The van der Waals surface area contributed by atoms with E-state index in [1.807, 2.05) is 60.6 Å². The van der Waals surface area contributed by atoms with Crippen LogP contribution in [0.25, 0.3) is 0 Å². The summed E-state index contributed by atoms with van der Waals surface area (Å²) < 4.78 is 1.90. The summed E-state index contributed by atoms with van der Waals surface area (Å²) in [7, 11) is 1.90. The Balaban J connectivity index is 0.00000420. The molecule has 1 amide bonds. The van der Waals surface area contributed by atoms with Gasteiger partial charge in [0.15, 0.2) is 5.96 Å². The minimum absolute atomic E-state index is 0. The van der Waals surface area contributed by atoms with Gasteiger partial charge in [0.25, 0.3) is 0 Å². The van der Waals surface area contributed by atoms with Gasteiger partial charge in [-0.3, -0.25) is 9.48 Å². The van der Waals surface area contributed by atoms with Crippen LogP contribution in [0.15, 0.2) is 47.7 Å². The summed E-state index contributed by atoms with van der Waals surface area (Å²) >= 11 is 0. The Hall–Kier alpha value is -2.10. The predicted molar refractivity (Wildman–Crippen MR) is 129 cm³/mol. The Bertz CT molecular complexity index is 758. The molecule has 1 N–H and O–H groups in total. The number of aromatic nitrogens is 2. The topological polar surface area (TPSA) is 65.8 Å². The molecule has 160 valence electrons. The Labute approximate surface area is 191 Å². The van der Waals surface area contributed by atoms with Crippen molar-refractivity contribution in [2.45, 2.75) is 33.9 Å². The molecule has 1 aromatic heterocycles. The van der Waals surface area contributed by atoms with Gasteiger partial charge in [-0.2, -0.15) is 5.10 Å². The number of nitrogens with one attached hydrogen (secondary N) is 1. The molecule has 0 saturated heterocycles. The third kappa shape index (κ3) is 8.04. The fourth-order valence-corrected chi connectivity index (χ4v) is 3.00. The maximum atomic E-state index is 12.4. The van der Waals surface area contributed by atoms with Crippen molar-refractivity contribution in [1.29, 1.82) is 0 Å². The fraction of sp³-hybridized carbons (Fsp3) is 0.476. The van der Waals surface area contributed by atoms with E-state index in [1.54, 1.807) is 6.20 Å². The Morgan fingerprint density at radius 1 is 1.17 bits per heavy atom. The van der Waals surface area contributed by atoms with Crippen molar-refractivity contribution < 1.29 is 4.79 Å². The monoisotopic (exact) mass is 512 g/mol. The third-order valence-electron chi connectivity index (χ3n) is 4.49. The highest BCUT2D eigenvalue weighted by Gasteiger charge is 2.15. The molecule has 2 aromatic rings. The largest absolute Gasteiger partial charge is 0.357 e. The van der Waals surface area contributed by atoms with Crippen LogP contribution < -0.4 is 5.32 Å². The van der Waals surface area contributed by atoms with Crippen LogP contribution in [0.5, 0.6) is 0 Å². The lowest BCUT2D eigenvalue weighted by Crippen LogP contribution is -2.45. The number of aliphatic imine (C=N–C) groups is 1. The van der Waals surface area contributed by atoms with E-state index in [4.69, 9.17) is 4.99 Å². The summed E-state index contributed by atoms with van der Waals surface area (Å²) in [5, 5.41) is 7.53. The van der Waals surface area contributed by atoms with E-state index in [1.165, 1.54) is 5.56 Å². The van der Waals surface area contributed by atoms with E-state index < -0.39 is 0 Å². The second-order valence-corrected chi connectivity index (χ2v) is 6.62. The summed E-state index contributed by atoms with van der Waals surface area (Å²) in [6.45, 7) is 9.82. The number of nitrogens with zero attached hydrogens (tertiary/aromatic N) is 5. The normalized spacial score (nSPS) is 11.0. The molecule has 2 rings (SSSR count). The number of amides is 1. The van der Waals surface area contributed by atoms with Gasteiger partial charge in [-0.1, -0.05) is 24.3 Å². The molecule has 0 unspecified atom stereocenters. The molecule has 0 spiro atoms. The number of halogens is 1. The summed E-state index contributed by atoms with van der Waals surface area (Å²) in [4.78, 5) is 20.8. The Morgan fingerprint density at radius 2 is 1.90 bits per heavy atom. The summed E-state index contributed by atoms with van der Waals surface area (Å²) in [5.74, 6) is 0.847. The molecule has 0 radical (unpaired) electrons. The maximum absolute atomic E-state index is 12.4. The molecular formula is C21H33IN6O. The van der Waals surface area contributed by atoms with Crippen molar-refractivity contribution in [3.8, 4) is 0 Å². The molecule has 29 heavy (non-hydrogen) atoms. The number of carbonyl (C=O) groups is 1. The zero-order chi connectivity index (χ0) is 20.4. The molecule has 0 aliphatic heterocycles. The number of hydrogen-bond acceptors (Lipinski definition) is 3. The van der Waals surface area contributed by atoms with Gasteiger partial charge >= 0.3 is 0 Å². The zero-order valence-electron chi connectivity index (χ0n) is 17.8. The number of benzene rings is 1. The van der Waals surface area contributed by atoms with Gasteiger partial charge in [-0.25, -0.2) is 4.99 Å². The van der Waals surface area contributed by atoms with Crippen LogP contribution in [0.3, 0.4) is 0 Å². The van der Waals surface area contributed by atoms with Gasteiger partial charge in [0, 0.05) is 39.1 Å². The Morgan fingerprint density at radius 3 is 2.52 bits per heavy atom. The number of carbonyl (C=O) groups excluding carboxylic acids is 1. The van der Waals surface area contributed by atoms with Crippen molar-refractivity contribution in [2.24, 2.45) is 4.99 Å². The average Bonchev–Trinajstić information content (AvgIpc) is 3.19. The first-order valence-electron chi connectivity index (χ1n) is 9.89. The number of guanidine groups is 1. The van der Waals surface area contributed by atoms with Crippen molar-refractivity contribution >= 4 is 35.8 Å². The van der Waals surface area contributed by atoms with Crippen LogP contribution in [-0.2, 0) is 17.9 Å². The first-order valence-corrected chi connectivity index (χ1v) is 9.89. The van der Waals surface area contributed by atoms with E-state index in [9.17, 15) is 4.79 Å². The smallest absolute Gasteiger partial charge is 0.242 e. The molecule has 1 heterocycles. The van der Waals surface area contributed by atoms with Gasteiger partial charge < -0.3 is 15.1 Å². The lowest BCUT2D eigenvalue weighted by atomic mass is 10.1. The van der Waals surface area contributed by atoms with Crippen LogP contribution in [0.4, 0.5) is 0 Å². The first kappa shape index (κ1) is 24.9. The highest BCUT2D eigenvalue weighted by molar-refractivity contribution is 14.0. The summed E-state index contributed by atoms with van der Waals surface area (Å²) in [6, 6.07) is 10.3. The van der Waals surface area contributed by atoms with Crippen LogP contribution >= 0.6 is 24.0 Å². The van der Waals surface area contributed by atoms with Gasteiger partial charge in [0.2, 0.25) is 5.91 Å². The second kappa shape index (κ2) is 13.2. The quantitative estimate of drug-likeness (QED) is 0.319. The SMILES string of the molecule is CCNC(=NCc1cccc(Cn2cccn2)c1)N(C)CC(=O)N(CC)CC.I. The van der Waals surface area contributed by atoms with Gasteiger partial charge in [-0.15, -0.1) is 24.0 Å². The van der Waals surface area contributed by atoms with Crippen molar-refractivity contribution in [3.63, 3.8) is 0 Å². The molecule has 0 aliphatic rings. The molecule has 0 fully saturated rings. The lowest BCUT2D eigenvalue weighted by Gasteiger charge is -2.25. The Kier molecular flexibility index (Phi) is 11.3. The van der Waals surface area contributed by atoms with Crippen LogP contribution in [-0.4, -0.2) is 64.7 Å². The lowest BCUT2D eigenvalue weighted by molar-refractivity contribution is -0.131. The fourth-order valence-electron chi connectivity index (χ4n) is 3.00. The van der Waals surface area contributed by atoms with E-state index in [-0.39, 0.29) is 29.9 Å². The van der Waals surface area contributed by atoms with E-state index in [2.05, 4.69) is 28.6 Å². The number of hydrogen-bond donors (Lipinski definition) is 1. The molecule has 0 saturated carbocycles. The zero-order valence-corrected chi connectivity index (χ0v) is 20.2. The highest BCUT2D eigenvalue weighted by Crippen LogP contribution is 2.08. The van der Waals surface area contributed by atoms with E-state index in [0.717, 1.165) is 37.7 Å². The molecule has 7 nitrogen and oxygen atoms in total. The summed E-state index contributed by atoms with van der Waals surface area (Å²) in [6.07, 6.45) is 3.74. The molecule has 1 aromatic carbocycles. The second-order valence-electron chi connectivity index (χ2n) is 6.62. The molecule has 0 atom stereocenters. The van der Waals surface area contributed by atoms with Gasteiger partial charge in [0.05, 0.1) is 19.6 Å². The van der Waals surface area contributed by atoms with Gasteiger partial charge in [0.1, 0.15) is 0 Å².